The number of ether oxygens (including phenoxy) is 4. The first-order chi connectivity index (χ1) is 8.39. The van der Waals surface area contributed by atoms with Crippen LogP contribution < -0.4 is 0 Å². The second kappa shape index (κ2) is 8.88. The maximum atomic E-state index is 10.2. The van der Waals surface area contributed by atoms with E-state index in [1.165, 1.54) is 0 Å². The second-order valence-electron chi connectivity index (χ2n) is 4.85. The SMILES string of the molecule is CC(COC(C)(C)C)OCC(COC=O)OC=O. The number of carbonyl (C=O) groups excluding carboxylic acids is 2. The van der Waals surface area contributed by atoms with E-state index in [9.17, 15) is 9.59 Å². The lowest BCUT2D eigenvalue weighted by atomic mass is 10.2. The van der Waals surface area contributed by atoms with Crippen LogP contribution in [0.4, 0.5) is 0 Å². The molecule has 0 aliphatic rings. The van der Waals surface area contributed by atoms with Crippen molar-refractivity contribution < 1.29 is 28.5 Å². The quantitative estimate of drug-likeness (QED) is 0.545. The summed E-state index contributed by atoms with van der Waals surface area (Å²) < 4.78 is 20.2. The van der Waals surface area contributed by atoms with Gasteiger partial charge in [-0.3, -0.25) is 9.59 Å². The van der Waals surface area contributed by atoms with Gasteiger partial charge in [0, 0.05) is 0 Å². The van der Waals surface area contributed by atoms with Crippen LogP contribution in [0.25, 0.3) is 0 Å². The van der Waals surface area contributed by atoms with Crippen LogP contribution in [-0.4, -0.2) is 50.6 Å². The lowest BCUT2D eigenvalue weighted by Gasteiger charge is -2.23. The molecule has 0 N–H and O–H groups in total. The molecule has 0 radical (unpaired) electrons. The first kappa shape index (κ1) is 16.9. The molecule has 0 heterocycles. The van der Waals surface area contributed by atoms with E-state index in [0.717, 1.165) is 0 Å². The third-order valence-corrected chi connectivity index (χ3v) is 1.92. The first-order valence-corrected chi connectivity index (χ1v) is 5.79. The summed E-state index contributed by atoms with van der Waals surface area (Å²) in [6.07, 6.45) is -0.733. The van der Waals surface area contributed by atoms with Gasteiger partial charge in [0.2, 0.25) is 0 Å². The minimum absolute atomic E-state index is 0.0188. The third-order valence-electron chi connectivity index (χ3n) is 1.92. The van der Waals surface area contributed by atoms with Crippen molar-refractivity contribution in [2.75, 3.05) is 19.8 Å². The van der Waals surface area contributed by atoms with Gasteiger partial charge in [-0.15, -0.1) is 0 Å². The fourth-order valence-electron chi connectivity index (χ4n) is 1.04. The molecule has 6 heteroatoms. The van der Waals surface area contributed by atoms with Gasteiger partial charge in [-0.25, -0.2) is 0 Å². The molecule has 18 heavy (non-hydrogen) atoms. The van der Waals surface area contributed by atoms with Gasteiger partial charge < -0.3 is 18.9 Å². The lowest BCUT2D eigenvalue weighted by Crippen LogP contribution is -2.31. The highest BCUT2D eigenvalue weighted by atomic mass is 16.6. The normalized spacial score (nSPS) is 14.7. The molecule has 106 valence electrons. The highest BCUT2D eigenvalue weighted by Gasteiger charge is 2.16. The Morgan fingerprint density at radius 1 is 1.06 bits per heavy atom. The Labute approximate surface area is 108 Å². The largest absolute Gasteiger partial charge is 0.464 e. The molecule has 0 aliphatic carbocycles. The molecule has 0 fully saturated rings. The molecule has 2 atom stereocenters. The fourth-order valence-corrected chi connectivity index (χ4v) is 1.04. The fraction of sp³-hybridized carbons (Fsp3) is 0.833. The van der Waals surface area contributed by atoms with Crippen molar-refractivity contribution in [2.24, 2.45) is 0 Å². The molecule has 0 rings (SSSR count). The molecular formula is C12H22O6. The van der Waals surface area contributed by atoms with Crippen LogP contribution >= 0.6 is 0 Å². The smallest absolute Gasteiger partial charge is 0.293 e. The van der Waals surface area contributed by atoms with Crippen molar-refractivity contribution in [2.45, 2.75) is 45.5 Å². The Hall–Kier alpha value is -1.14. The van der Waals surface area contributed by atoms with E-state index in [1.807, 2.05) is 27.7 Å². The average molecular weight is 262 g/mol. The van der Waals surface area contributed by atoms with Crippen molar-refractivity contribution in [3.05, 3.63) is 0 Å². The molecule has 0 aliphatic heterocycles. The summed E-state index contributed by atoms with van der Waals surface area (Å²) in [5, 5.41) is 0. The minimum atomic E-state index is -0.593. The van der Waals surface area contributed by atoms with E-state index >= 15 is 0 Å². The van der Waals surface area contributed by atoms with Crippen LogP contribution in [0.5, 0.6) is 0 Å². The van der Waals surface area contributed by atoms with Gasteiger partial charge in [0.15, 0.2) is 6.10 Å². The Morgan fingerprint density at radius 2 is 1.72 bits per heavy atom. The summed E-state index contributed by atoms with van der Waals surface area (Å²) >= 11 is 0. The Morgan fingerprint density at radius 3 is 2.22 bits per heavy atom. The molecule has 0 aromatic heterocycles. The summed E-state index contributed by atoms with van der Waals surface area (Å²) in [7, 11) is 0. The van der Waals surface area contributed by atoms with Crippen LogP contribution in [0.3, 0.4) is 0 Å². The molecule has 2 unspecified atom stereocenters. The Kier molecular flexibility index (Phi) is 8.32. The maximum Gasteiger partial charge on any atom is 0.293 e. The number of hydrogen-bond acceptors (Lipinski definition) is 6. The monoisotopic (exact) mass is 262 g/mol. The van der Waals surface area contributed by atoms with Crippen molar-refractivity contribution >= 4 is 12.9 Å². The molecular weight excluding hydrogens is 240 g/mol. The van der Waals surface area contributed by atoms with Crippen molar-refractivity contribution in [3.63, 3.8) is 0 Å². The van der Waals surface area contributed by atoms with Crippen LogP contribution in [0.15, 0.2) is 0 Å². The number of carbonyl (C=O) groups is 2. The molecule has 0 amide bonds. The highest BCUT2D eigenvalue weighted by molar-refractivity contribution is 5.38. The van der Waals surface area contributed by atoms with Crippen molar-refractivity contribution in [1.82, 2.24) is 0 Å². The van der Waals surface area contributed by atoms with Gasteiger partial charge in [-0.1, -0.05) is 0 Å². The van der Waals surface area contributed by atoms with Crippen LogP contribution in [0.1, 0.15) is 27.7 Å². The first-order valence-electron chi connectivity index (χ1n) is 5.79. The predicted molar refractivity (Wildman–Crippen MR) is 64.1 cm³/mol. The van der Waals surface area contributed by atoms with Gasteiger partial charge >= 0.3 is 0 Å². The van der Waals surface area contributed by atoms with Crippen LogP contribution in [-0.2, 0) is 28.5 Å². The molecule has 0 saturated heterocycles. The summed E-state index contributed by atoms with van der Waals surface area (Å²) in [5.74, 6) is 0. The topological polar surface area (TPSA) is 71.1 Å². The Balaban J connectivity index is 3.86. The van der Waals surface area contributed by atoms with Crippen molar-refractivity contribution in [3.8, 4) is 0 Å². The van der Waals surface area contributed by atoms with E-state index in [4.69, 9.17) is 14.2 Å². The number of rotatable bonds is 10. The van der Waals surface area contributed by atoms with Crippen LogP contribution in [0.2, 0.25) is 0 Å². The third kappa shape index (κ3) is 10.0. The maximum absolute atomic E-state index is 10.2. The summed E-state index contributed by atoms with van der Waals surface area (Å²) in [4.78, 5) is 20.3. The zero-order valence-corrected chi connectivity index (χ0v) is 11.4. The molecule has 0 spiro atoms. The number of hydrogen-bond donors (Lipinski definition) is 0. The predicted octanol–water partition coefficient (Wildman–Crippen LogP) is 0.921. The Bertz CT molecular complexity index is 235. The molecule has 0 bridgehead atoms. The van der Waals surface area contributed by atoms with E-state index in [1.54, 1.807) is 0 Å². The van der Waals surface area contributed by atoms with Gasteiger partial charge in [0.05, 0.1) is 24.9 Å². The van der Waals surface area contributed by atoms with Crippen LogP contribution in [0, 0.1) is 0 Å². The summed E-state index contributed by atoms with van der Waals surface area (Å²) in [6.45, 7) is 8.89. The van der Waals surface area contributed by atoms with Crippen molar-refractivity contribution in [1.29, 1.82) is 0 Å². The van der Waals surface area contributed by atoms with Gasteiger partial charge in [0.25, 0.3) is 12.9 Å². The van der Waals surface area contributed by atoms with E-state index < -0.39 is 6.10 Å². The molecule has 0 saturated carbocycles. The average Bonchev–Trinajstić information content (AvgIpc) is 2.29. The van der Waals surface area contributed by atoms with Gasteiger partial charge in [-0.05, 0) is 27.7 Å². The summed E-state index contributed by atoms with van der Waals surface area (Å²) in [5.41, 5.74) is -0.225. The zero-order chi connectivity index (χ0) is 14.0. The lowest BCUT2D eigenvalue weighted by molar-refractivity contribution is -0.149. The van der Waals surface area contributed by atoms with E-state index in [0.29, 0.717) is 19.6 Å². The van der Waals surface area contributed by atoms with Gasteiger partial charge in [0.1, 0.15) is 6.61 Å². The zero-order valence-electron chi connectivity index (χ0n) is 11.4. The molecule has 6 nitrogen and oxygen atoms in total. The highest BCUT2D eigenvalue weighted by Crippen LogP contribution is 2.08. The molecule has 0 aromatic carbocycles. The summed E-state index contributed by atoms with van der Waals surface area (Å²) in [6, 6.07) is 0. The molecule has 0 aromatic rings. The van der Waals surface area contributed by atoms with Gasteiger partial charge in [-0.2, -0.15) is 0 Å². The standard InChI is InChI=1S/C12H22O6/c1-10(5-18-12(2,3)4)16-7-11(17-9-14)6-15-8-13/h8-11H,5-7H2,1-4H3. The minimum Gasteiger partial charge on any atom is -0.464 e. The van der Waals surface area contributed by atoms with E-state index in [2.05, 4.69) is 4.74 Å². The van der Waals surface area contributed by atoms with E-state index in [-0.39, 0.29) is 24.9 Å². The second-order valence-corrected chi connectivity index (χ2v) is 4.85.